The van der Waals surface area contributed by atoms with Gasteiger partial charge < -0.3 is 10.5 Å². The number of para-hydroxylation sites is 1. The molecule has 2 rings (SSSR count). The monoisotopic (exact) mass is 225 g/mol. The van der Waals surface area contributed by atoms with E-state index in [1.54, 1.807) is 7.11 Å². The van der Waals surface area contributed by atoms with Gasteiger partial charge in [0.15, 0.2) is 0 Å². The van der Waals surface area contributed by atoms with Crippen molar-refractivity contribution in [2.75, 3.05) is 13.7 Å². The van der Waals surface area contributed by atoms with Gasteiger partial charge >= 0.3 is 0 Å². The highest BCUT2D eigenvalue weighted by molar-refractivity contribution is 6.32. The third-order valence-electron chi connectivity index (χ3n) is 3.21. The van der Waals surface area contributed by atoms with Crippen molar-refractivity contribution in [3.8, 4) is 5.75 Å². The molecule has 0 radical (unpaired) electrons. The number of methoxy groups -OCH3 is 1. The van der Waals surface area contributed by atoms with E-state index < -0.39 is 0 Å². The first-order chi connectivity index (χ1) is 7.21. The molecule has 82 valence electrons. The Balaban J connectivity index is 2.24. The Hall–Kier alpha value is -0.730. The lowest BCUT2D eigenvalue weighted by atomic mass is 9.96. The average molecular weight is 226 g/mol. The first-order valence-electron chi connectivity index (χ1n) is 5.22. The molecule has 1 aliphatic rings. The van der Waals surface area contributed by atoms with Gasteiger partial charge in [-0.15, -0.1) is 0 Å². The zero-order chi connectivity index (χ0) is 10.9. The van der Waals surface area contributed by atoms with Gasteiger partial charge in [-0.3, -0.25) is 0 Å². The second kappa shape index (κ2) is 4.03. The fourth-order valence-corrected chi connectivity index (χ4v) is 2.23. The molecule has 1 saturated carbocycles. The Kier molecular flexibility index (Phi) is 2.89. The molecule has 1 aromatic carbocycles. The largest absolute Gasteiger partial charge is 0.495 e. The fourth-order valence-electron chi connectivity index (χ4n) is 1.96. The van der Waals surface area contributed by atoms with Crippen molar-refractivity contribution in [3.63, 3.8) is 0 Å². The molecule has 15 heavy (non-hydrogen) atoms. The summed E-state index contributed by atoms with van der Waals surface area (Å²) in [5, 5.41) is 0.683. The van der Waals surface area contributed by atoms with Gasteiger partial charge in [-0.1, -0.05) is 23.7 Å². The van der Waals surface area contributed by atoms with Gasteiger partial charge in [0.2, 0.25) is 0 Å². The molecule has 1 aliphatic carbocycles. The molecule has 0 aliphatic heterocycles. The van der Waals surface area contributed by atoms with Crippen LogP contribution in [0.5, 0.6) is 5.75 Å². The van der Waals surface area contributed by atoms with E-state index in [4.69, 9.17) is 22.1 Å². The predicted octanol–water partition coefficient (Wildman–Crippen LogP) is 2.63. The van der Waals surface area contributed by atoms with Crippen LogP contribution in [0.1, 0.15) is 18.4 Å². The van der Waals surface area contributed by atoms with Crippen molar-refractivity contribution in [1.82, 2.24) is 0 Å². The molecule has 2 N–H and O–H groups in total. The van der Waals surface area contributed by atoms with E-state index in [2.05, 4.69) is 6.07 Å². The molecule has 0 saturated heterocycles. The van der Waals surface area contributed by atoms with E-state index >= 15 is 0 Å². The van der Waals surface area contributed by atoms with E-state index in [1.807, 2.05) is 12.1 Å². The highest BCUT2D eigenvalue weighted by Crippen LogP contribution is 2.48. The zero-order valence-electron chi connectivity index (χ0n) is 8.92. The molecule has 0 unspecified atom stereocenters. The van der Waals surface area contributed by atoms with E-state index in [0.717, 1.165) is 18.7 Å². The Bertz CT molecular complexity index is 361. The molecular formula is C12H16ClNO. The second-order valence-electron chi connectivity index (χ2n) is 4.31. The van der Waals surface area contributed by atoms with E-state index in [0.29, 0.717) is 10.4 Å². The van der Waals surface area contributed by atoms with Crippen LogP contribution in [0.25, 0.3) is 0 Å². The summed E-state index contributed by atoms with van der Waals surface area (Å²) in [6.45, 7) is 0.753. The van der Waals surface area contributed by atoms with Gasteiger partial charge in [-0.2, -0.15) is 0 Å². The molecular weight excluding hydrogens is 210 g/mol. The van der Waals surface area contributed by atoms with E-state index in [-0.39, 0.29) is 0 Å². The van der Waals surface area contributed by atoms with Crippen LogP contribution in [0.2, 0.25) is 5.02 Å². The normalized spacial score (nSPS) is 17.5. The molecule has 0 spiro atoms. The topological polar surface area (TPSA) is 35.2 Å². The highest BCUT2D eigenvalue weighted by Gasteiger charge is 2.41. The van der Waals surface area contributed by atoms with Crippen molar-refractivity contribution in [1.29, 1.82) is 0 Å². The summed E-state index contributed by atoms with van der Waals surface area (Å²) in [5.41, 5.74) is 7.26. The molecule has 0 amide bonds. The molecule has 0 bridgehead atoms. The van der Waals surface area contributed by atoms with E-state index in [1.165, 1.54) is 18.4 Å². The summed E-state index contributed by atoms with van der Waals surface area (Å²) in [6.07, 6.45) is 3.42. The van der Waals surface area contributed by atoms with Crippen LogP contribution in [0.3, 0.4) is 0 Å². The second-order valence-corrected chi connectivity index (χ2v) is 4.72. The Morgan fingerprint density at radius 1 is 1.47 bits per heavy atom. The lowest BCUT2D eigenvalue weighted by Gasteiger charge is -2.15. The average Bonchev–Trinajstić information content (AvgIpc) is 2.99. The molecule has 0 aromatic heterocycles. The predicted molar refractivity (Wildman–Crippen MR) is 62.4 cm³/mol. The van der Waals surface area contributed by atoms with Crippen LogP contribution in [-0.4, -0.2) is 13.7 Å². The van der Waals surface area contributed by atoms with Gasteiger partial charge in [0.05, 0.1) is 12.1 Å². The maximum absolute atomic E-state index is 6.07. The smallest absolute Gasteiger partial charge is 0.140 e. The Morgan fingerprint density at radius 2 is 2.20 bits per heavy atom. The Labute approximate surface area is 95.4 Å². The number of hydrogen-bond acceptors (Lipinski definition) is 2. The molecule has 3 heteroatoms. The van der Waals surface area contributed by atoms with Gasteiger partial charge in [0, 0.05) is 0 Å². The van der Waals surface area contributed by atoms with Crippen LogP contribution < -0.4 is 10.5 Å². The third-order valence-corrected chi connectivity index (χ3v) is 3.51. The summed E-state index contributed by atoms with van der Waals surface area (Å²) < 4.78 is 5.32. The number of benzene rings is 1. The van der Waals surface area contributed by atoms with Crippen molar-refractivity contribution >= 4 is 11.6 Å². The van der Waals surface area contributed by atoms with Crippen molar-refractivity contribution in [3.05, 3.63) is 28.8 Å². The maximum atomic E-state index is 6.07. The first kappa shape index (κ1) is 10.8. The minimum Gasteiger partial charge on any atom is -0.495 e. The SMILES string of the molecule is COc1c(Cl)cccc1CC1(CN)CC1. The number of nitrogens with two attached hydrogens (primary N) is 1. The highest BCUT2D eigenvalue weighted by atomic mass is 35.5. The van der Waals surface area contributed by atoms with Crippen LogP contribution in [0, 0.1) is 5.41 Å². The molecule has 2 nitrogen and oxygen atoms in total. The standard InChI is InChI=1S/C12H16ClNO/c1-15-11-9(3-2-4-10(11)13)7-12(8-14)5-6-12/h2-4H,5-8,14H2,1H3. The lowest BCUT2D eigenvalue weighted by Crippen LogP contribution is -2.18. The molecule has 1 aromatic rings. The van der Waals surface area contributed by atoms with E-state index in [9.17, 15) is 0 Å². The lowest BCUT2D eigenvalue weighted by molar-refractivity contribution is 0.402. The summed E-state index contributed by atoms with van der Waals surface area (Å²) in [7, 11) is 1.66. The fraction of sp³-hybridized carbons (Fsp3) is 0.500. The minimum absolute atomic E-state index is 0.317. The van der Waals surface area contributed by atoms with Crippen molar-refractivity contribution in [2.45, 2.75) is 19.3 Å². The summed E-state index contributed by atoms with van der Waals surface area (Å²) in [4.78, 5) is 0. The molecule has 1 fully saturated rings. The van der Waals surface area contributed by atoms with Crippen LogP contribution in [-0.2, 0) is 6.42 Å². The van der Waals surface area contributed by atoms with Crippen molar-refractivity contribution < 1.29 is 4.74 Å². The summed E-state index contributed by atoms with van der Waals surface area (Å²) >= 11 is 6.07. The van der Waals surface area contributed by atoms with Crippen LogP contribution in [0.4, 0.5) is 0 Å². The number of ether oxygens (including phenoxy) is 1. The van der Waals surface area contributed by atoms with Gasteiger partial charge in [-0.05, 0) is 42.9 Å². The minimum atomic E-state index is 0.317. The van der Waals surface area contributed by atoms with Crippen molar-refractivity contribution in [2.24, 2.45) is 11.1 Å². The number of hydrogen-bond donors (Lipinski definition) is 1. The number of rotatable bonds is 4. The van der Waals surface area contributed by atoms with Crippen LogP contribution in [0.15, 0.2) is 18.2 Å². The van der Waals surface area contributed by atoms with Gasteiger partial charge in [0.1, 0.15) is 5.75 Å². The van der Waals surface area contributed by atoms with Crippen LogP contribution >= 0.6 is 11.6 Å². The quantitative estimate of drug-likeness (QED) is 0.855. The molecule has 0 atom stereocenters. The summed E-state index contributed by atoms with van der Waals surface area (Å²) in [6, 6.07) is 5.89. The first-order valence-corrected chi connectivity index (χ1v) is 5.60. The molecule has 0 heterocycles. The van der Waals surface area contributed by atoms with Gasteiger partial charge in [0.25, 0.3) is 0 Å². The van der Waals surface area contributed by atoms with Gasteiger partial charge in [-0.25, -0.2) is 0 Å². The summed E-state index contributed by atoms with van der Waals surface area (Å²) in [5.74, 6) is 0.805. The Morgan fingerprint density at radius 3 is 2.73 bits per heavy atom. The zero-order valence-corrected chi connectivity index (χ0v) is 9.68. The maximum Gasteiger partial charge on any atom is 0.140 e. The number of halogens is 1. The third kappa shape index (κ3) is 2.11.